The third-order valence-corrected chi connectivity index (χ3v) is 5.88. The molecule has 2 aromatic carbocycles. The van der Waals surface area contributed by atoms with E-state index in [2.05, 4.69) is 11.9 Å². The summed E-state index contributed by atoms with van der Waals surface area (Å²) in [6.45, 7) is 2.93. The highest BCUT2D eigenvalue weighted by atomic mass is 16.2. The number of nitrogens with zero attached hydrogens (tertiary/aromatic N) is 1. The van der Waals surface area contributed by atoms with Gasteiger partial charge in [0.25, 0.3) is 0 Å². The molecule has 4 rings (SSSR count). The minimum atomic E-state index is -0.530. The normalized spacial score (nSPS) is 17.2. The van der Waals surface area contributed by atoms with Crippen molar-refractivity contribution in [3.05, 3.63) is 57.1 Å². The SMILES string of the molecule is CC1(CCn2c(=O)c(=O)[nH]c3c4ccccc4ccc32)CCCCC1. The quantitative estimate of drug-likeness (QED) is 0.575. The number of aryl methyl sites for hydroxylation is 1. The summed E-state index contributed by atoms with van der Waals surface area (Å²) in [6.07, 6.45) is 7.23. The van der Waals surface area contributed by atoms with Gasteiger partial charge in [0, 0.05) is 11.9 Å². The van der Waals surface area contributed by atoms with Gasteiger partial charge >= 0.3 is 11.1 Å². The van der Waals surface area contributed by atoms with Crippen LogP contribution in [0.2, 0.25) is 0 Å². The van der Waals surface area contributed by atoms with Crippen LogP contribution in [0, 0.1) is 5.41 Å². The van der Waals surface area contributed by atoms with E-state index < -0.39 is 11.1 Å². The Balaban J connectivity index is 1.82. The number of hydrogen-bond acceptors (Lipinski definition) is 2. The van der Waals surface area contributed by atoms with E-state index in [9.17, 15) is 9.59 Å². The molecule has 0 bridgehead atoms. The molecule has 1 saturated carbocycles. The molecule has 0 aliphatic heterocycles. The minimum absolute atomic E-state index is 0.281. The maximum atomic E-state index is 12.5. The van der Waals surface area contributed by atoms with E-state index in [1.165, 1.54) is 32.1 Å². The predicted molar refractivity (Wildman–Crippen MR) is 102 cm³/mol. The van der Waals surface area contributed by atoms with E-state index in [0.717, 1.165) is 28.2 Å². The lowest BCUT2D eigenvalue weighted by Gasteiger charge is -2.33. The number of hydrogen-bond donors (Lipinski definition) is 1. The second-order valence-corrected chi connectivity index (χ2v) is 7.71. The van der Waals surface area contributed by atoms with Crippen molar-refractivity contribution in [2.45, 2.75) is 52.0 Å². The van der Waals surface area contributed by atoms with Crippen molar-refractivity contribution in [2.24, 2.45) is 5.41 Å². The van der Waals surface area contributed by atoms with Gasteiger partial charge in [-0.2, -0.15) is 0 Å². The molecule has 1 N–H and O–H groups in total. The number of benzene rings is 2. The maximum absolute atomic E-state index is 12.5. The fourth-order valence-electron chi connectivity index (χ4n) is 4.27. The van der Waals surface area contributed by atoms with Crippen molar-refractivity contribution in [3.63, 3.8) is 0 Å². The van der Waals surface area contributed by atoms with E-state index in [0.29, 0.717) is 6.54 Å². The Morgan fingerprint density at radius 1 is 1.04 bits per heavy atom. The Labute approximate surface area is 146 Å². The summed E-state index contributed by atoms with van der Waals surface area (Å²) < 4.78 is 1.68. The Morgan fingerprint density at radius 3 is 2.60 bits per heavy atom. The fourth-order valence-corrected chi connectivity index (χ4v) is 4.27. The first-order valence-corrected chi connectivity index (χ1v) is 9.22. The molecule has 4 heteroatoms. The summed E-state index contributed by atoms with van der Waals surface area (Å²) in [5, 5.41) is 2.05. The highest BCUT2D eigenvalue weighted by Crippen LogP contribution is 2.39. The highest BCUT2D eigenvalue weighted by Gasteiger charge is 2.26. The topological polar surface area (TPSA) is 54.9 Å². The van der Waals surface area contributed by atoms with Gasteiger partial charge in [0.2, 0.25) is 0 Å². The summed E-state index contributed by atoms with van der Waals surface area (Å²) in [5.41, 5.74) is 0.891. The van der Waals surface area contributed by atoms with E-state index in [1.807, 2.05) is 36.4 Å². The number of nitrogens with one attached hydrogen (secondary N) is 1. The van der Waals surface area contributed by atoms with Gasteiger partial charge in [0.15, 0.2) is 0 Å². The van der Waals surface area contributed by atoms with Gasteiger partial charge in [-0.05, 0) is 36.1 Å². The molecule has 3 aromatic rings. The molecule has 1 aromatic heterocycles. The molecule has 25 heavy (non-hydrogen) atoms. The van der Waals surface area contributed by atoms with Crippen LogP contribution < -0.4 is 11.1 Å². The average molecular weight is 336 g/mol. The molecule has 0 amide bonds. The summed E-state index contributed by atoms with van der Waals surface area (Å²) in [7, 11) is 0. The summed E-state index contributed by atoms with van der Waals surface area (Å²) in [6, 6.07) is 11.9. The number of fused-ring (bicyclic) bond motifs is 3. The number of rotatable bonds is 3. The third-order valence-electron chi connectivity index (χ3n) is 5.88. The zero-order valence-corrected chi connectivity index (χ0v) is 14.7. The van der Waals surface area contributed by atoms with Crippen LogP contribution in [0.1, 0.15) is 45.4 Å². The van der Waals surface area contributed by atoms with Crippen molar-refractivity contribution < 1.29 is 0 Å². The van der Waals surface area contributed by atoms with Crippen LogP contribution in [0.4, 0.5) is 0 Å². The Kier molecular flexibility index (Phi) is 3.98. The molecule has 1 fully saturated rings. The fraction of sp³-hybridized carbons (Fsp3) is 0.429. The largest absolute Gasteiger partial charge is 0.316 e. The highest BCUT2D eigenvalue weighted by molar-refractivity contribution is 6.03. The Hall–Kier alpha value is -2.36. The van der Waals surface area contributed by atoms with Crippen LogP contribution in [-0.4, -0.2) is 9.55 Å². The van der Waals surface area contributed by atoms with Crippen molar-refractivity contribution >= 4 is 21.8 Å². The van der Waals surface area contributed by atoms with Gasteiger partial charge in [0.05, 0.1) is 11.0 Å². The monoisotopic (exact) mass is 336 g/mol. The van der Waals surface area contributed by atoms with Gasteiger partial charge < -0.3 is 9.55 Å². The van der Waals surface area contributed by atoms with Crippen LogP contribution in [0.5, 0.6) is 0 Å². The van der Waals surface area contributed by atoms with Crippen LogP contribution >= 0.6 is 0 Å². The summed E-state index contributed by atoms with van der Waals surface area (Å²) in [4.78, 5) is 27.6. The number of aromatic amines is 1. The van der Waals surface area contributed by atoms with Crippen LogP contribution in [0.25, 0.3) is 21.8 Å². The molecule has 1 aliphatic rings. The molecular formula is C21H24N2O2. The number of aromatic nitrogens is 2. The first-order chi connectivity index (χ1) is 12.1. The minimum Gasteiger partial charge on any atom is -0.315 e. The van der Waals surface area contributed by atoms with Gasteiger partial charge in [-0.3, -0.25) is 9.59 Å². The first-order valence-electron chi connectivity index (χ1n) is 9.22. The third kappa shape index (κ3) is 2.90. The molecule has 0 unspecified atom stereocenters. The molecule has 0 atom stereocenters. The maximum Gasteiger partial charge on any atom is 0.316 e. The molecule has 130 valence electrons. The predicted octanol–water partition coefficient (Wildman–Crippen LogP) is 4.20. The van der Waals surface area contributed by atoms with Crippen molar-refractivity contribution in [1.82, 2.24) is 9.55 Å². The first kappa shape index (κ1) is 16.1. The lowest BCUT2D eigenvalue weighted by atomic mass is 9.73. The van der Waals surface area contributed by atoms with E-state index in [1.54, 1.807) is 4.57 Å². The van der Waals surface area contributed by atoms with Crippen molar-refractivity contribution in [2.75, 3.05) is 0 Å². The van der Waals surface area contributed by atoms with Gasteiger partial charge in [-0.1, -0.05) is 56.5 Å². The second kappa shape index (κ2) is 6.17. The zero-order valence-electron chi connectivity index (χ0n) is 14.7. The Bertz CT molecular complexity index is 1040. The molecule has 0 spiro atoms. The lowest BCUT2D eigenvalue weighted by Crippen LogP contribution is -2.37. The molecule has 0 saturated heterocycles. The van der Waals surface area contributed by atoms with E-state index in [4.69, 9.17) is 0 Å². The van der Waals surface area contributed by atoms with Gasteiger partial charge in [0.1, 0.15) is 0 Å². The van der Waals surface area contributed by atoms with E-state index >= 15 is 0 Å². The van der Waals surface area contributed by atoms with Gasteiger partial charge in [-0.15, -0.1) is 0 Å². The van der Waals surface area contributed by atoms with Crippen molar-refractivity contribution in [1.29, 1.82) is 0 Å². The molecular weight excluding hydrogens is 312 g/mol. The smallest absolute Gasteiger partial charge is 0.315 e. The number of H-pyrrole nitrogens is 1. The Morgan fingerprint density at radius 2 is 1.80 bits per heavy atom. The average Bonchev–Trinajstić information content (AvgIpc) is 2.63. The second-order valence-electron chi connectivity index (χ2n) is 7.71. The molecule has 1 aliphatic carbocycles. The molecule has 4 nitrogen and oxygen atoms in total. The molecule has 0 radical (unpaired) electrons. The summed E-state index contributed by atoms with van der Waals surface area (Å²) in [5.74, 6) is 0. The summed E-state index contributed by atoms with van der Waals surface area (Å²) >= 11 is 0. The zero-order chi connectivity index (χ0) is 17.4. The van der Waals surface area contributed by atoms with Crippen molar-refractivity contribution in [3.8, 4) is 0 Å². The lowest BCUT2D eigenvalue weighted by molar-refractivity contribution is 0.189. The van der Waals surface area contributed by atoms with Crippen LogP contribution in [0.15, 0.2) is 46.0 Å². The van der Waals surface area contributed by atoms with Crippen LogP contribution in [-0.2, 0) is 6.54 Å². The molecule has 1 heterocycles. The van der Waals surface area contributed by atoms with Crippen LogP contribution in [0.3, 0.4) is 0 Å². The standard InChI is InChI=1S/C21H24N2O2/c1-21(11-5-2-6-12-21)13-14-23-17-10-9-15-7-3-4-8-16(15)18(17)22-19(24)20(23)25/h3-4,7-10H,2,5-6,11-14H2,1H3,(H,22,24). The van der Waals surface area contributed by atoms with E-state index in [-0.39, 0.29) is 5.41 Å². The van der Waals surface area contributed by atoms with Gasteiger partial charge in [-0.25, -0.2) is 0 Å².